The number of hydrogen-bond donors (Lipinski definition) is 0. The van der Waals surface area contributed by atoms with Crippen molar-refractivity contribution in [2.45, 2.75) is 77.7 Å². The Labute approximate surface area is 155 Å². The maximum atomic E-state index is 12.7. The van der Waals surface area contributed by atoms with Crippen LogP contribution in [0.25, 0.3) is 0 Å². The van der Waals surface area contributed by atoms with Gasteiger partial charge < -0.3 is 4.74 Å². The third kappa shape index (κ3) is 2.30. The van der Waals surface area contributed by atoms with Crippen molar-refractivity contribution in [3.05, 3.63) is 22.8 Å². The molecule has 0 aliphatic heterocycles. The molecule has 0 aromatic carbocycles. The number of hydrogen-bond acceptors (Lipinski definition) is 4. The van der Waals surface area contributed by atoms with Crippen LogP contribution < -0.4 is 0 Å². The molecule has 0 aromatic rings. The number of allylic oxidation sites excluding steroid dienone is 4. The van der Waals surface area contributed by atoms with E-state index >= 15 is 0 Å². The summed E-state index contributed by atoms with van der Waals surface area (Å²) in [6.45, 7) is 5.17. The molecule has 0 saturated heterocycles. The Balaban J connectivity index is 1.74. The van der Waals surface area contributed by atoms with Crippen LogP contribution in [0.15, 0.2) is 22.8 Å². The summed E-state index contributed by atoms with van der Waals surface area (Å²) in [6.07, 6.45) is 8.78. The fourth-order valence-corrected chi connectivity index (χ4v) is 6.59. The van der Waals surface area contributed by atoms with E-state index < -0.39 is 5.60 Å². The van der Waals surface area contributed by atoms with Crippen molar-refractivity contribution in [3.8, 4) is 0 Å². The topological polar surface area (TPSA) is 60.4 Å². The van der Waals surface area contributed by atoms with Crippen molar-refractivity contribution >= 4 is 17.5 Å². The maximum absolute atomic E-state index is 12.7. The molecular weight excluding hydrogens is 328 g/mol. The predicted octanol–water partition coefficient (Wildman–Crippen LogP) is 4.08. The molecule has 2 saturated carbocycles. The van der Waals surface area contributed by atoms with Crippen molar-refractivity contribution in [1.82, 2.24) is 0 Å². The van der Waals surface area contributed by atoms with Gasteiger partial charge in [-0.05, 0) is 80.9 Å². The summed E-state index contributed by atoms with van der Waals surface area (Å²) >= 11 is 0. The van der Waals surface area contributed by atoms with Crippen molar-refractivity contribution < 1.29 is 19.1 Å². The largest absolute Gasteiger partial charge is 0.451 e. The maximum Gasteiger partial charge on any atom is 0.303 e. The molecule has 4 aliphatic carbocycles. The van der Waals surface area contributed by atoms with Crippen LogP contribution in [0.4, 0.5) is 0 Å². The third-order valence-electron chi connectivity index (χ3n) is 7.74. The van der Waals surface area contributed by atoms with E-state index in [1.165, 1.54) is 23.6 Å². The second-order valence-corrected chi connectivity index (χ2v) is 8.82. The third-order valence-corrected chi connectivity index (χ3v) is 7.74. The fourth-order valence-electron chi connectivity index (χ4n) is 6.59. The molecule has 4 nitrogen and oxygen atoms in total. The van der Waals surface area contributed by atoms with Crippen LogP contribution in [0, 0.1) is 17.3 Å². The van der Waals surface area contributed by atoms with Gasteiger partial charge >= 0.3 is 5.97 Å². The molecule has 0 aromatic heterocycles. The van der Waals surface area contributed by atoms with Gasteiger partial charge in [-0.25, -0.2) is 0 Å². The SMILES string of the molecule is CC(=O)O[C@@]1(C(C)=O)CCC2C3CCC4=CC(=O)CCC4=C3CC[C@@]21C. The van der Waals surface area contributed by atoms with Crippen LogP contribution in [0.5, 0.6) is 0 Å². The number of fused-ring (bicyclic) bond motifs is 4. The monoisotopic (exact) mass is 356 g/mol. The molecule has 0 heterocycles. The van der Waals surface area contributed by atoms with Crippen LogP contribution in [0.2, 0.25) is 0 Å². The van der Waals surface area contributed by atoms with Gasteiger partial charge in [0.05, 0.1) is 0 Å². The van der Waals surface area contributed by atoms with Crippen molar-refractivity contribution in [3.63, 3.8) is 0 Å². The summed E-state index contributed by atoms with van der Waals surface area (Å²) in [5, 5.41) is 0. The summed E-state index contributed by atoms with van der Waals surface area (Å²) in [6, 6.07) is 0. The minimum absolute atomic E-state index is 0.00606. The normalized spacial score (nSPS) is 38.9. The molecular formula is C22H28O4. The van der Waals surface area contributed by atoms with Gasteiger partial charge in [0, 0.05) is 18.8 Å². The van der Waals surface area contributed by atoms with E-state index in [-0.39, 0.29) is 23.0 Å². The number of Topliss-reactive ketones (excluding diaryl/α,β-unsaturated/α-hetero) is 1. The molecule has 4 heteroatoms. The molecule has 0 amide bonds. The minimum Gasteiger partial charge on any atom is -0.451 e. The molecule has 140 valence electrons. The molecule has 4 rings (SSSR count). The first-order valence-corrected chi connectivity index (χ1v) is 9.95. The highest BCUT2D eigenvalue weighted by molar-refractivity contribution is 5.93. The molecule has 26 heavy (non-hydrogen) atoms. The zero-order valence-corrected chi connectivity index (χ0v) is 16.0. The van der Waals surface area contributed by atoms with Crippen LogP contribution >= 0.6 is 0 Å². The highest BCUT2D eigenvalue weighted by Gasteiger charge is 2.65. The van der Waals surface area contributed by atoms with E-state index in [4.69, 9.17) is 4.74 Å². The molecule has 0 bridgehead atoms. The predicted molar refractivity (Wildman–Crippen MR) is 97.3 cm³/mol. The van der Waals surface area contributed by atoms with Crippen LogP contribution in [-0.4, -0.2) is 23.1 Å². The molecule has 2 fully saturated rings. The molecule has 0 N–H and O–H groups in total. The van der Waals surface area contributed by atoms with Gasteiger partial charge in [-0.3, -0.25) is 14.4 Å². The van der Waals surface area contributed by atoms with Gasteiger partial charge in [0.15, 0.2) is 17.2 Å². The lowest BCUT2D eigenvalue weighted by Gasteiger charge is -2.52. The van der Waals surface area contributed by atoms with E-state index in [0.29, 0.717) is 24.7 Å². The van der Waals surface area contributed by atoms with E-state index in [1.54, 1.807) is 6.92 Å². The van der Waals surface area contributed by atoms with E-state index in [0.717, 1.165) is 38.5 Å². The Kier molecular flexibility index (Phi) is 4.01. The Bertz CT molecular complexity index is 758. The fraction of sp³-hybridized carbons (Fsp3) is 0.682. The van der Waals surface area contributed by atoms with Crippen molar-refractivity contribution in [2.24, 2.45) is 17.3 Å². The molecule has 4 aliphatic rings. The number of rotatable bonds is 2. The Morgan fingerprint density at radius 3 is 2.54 bits per heavy atom. The van der Waals surface area contributed by atoms with E-state index in [9.17, 15) is 14.4 Å². The molecule has 0 radical (unpaired) electrons. The lowest BCUT2D eigenvalue weighted by Crippen LogP contribution is -2.55. The zero-order chi connectivity index (χ0) is 18.7. The lowest BCUT2D eigenvalue weighted by molar-refractivity contribution is -0.181. The Hall–Kier alpha value is -1.71. The number of ketones is 2. The summed E-state index contributed by atoms with van der Waals surface area (Å²) in [5.41, 5.74) is 2.96. The highest BCUT2D eigenvalue weighted by atomic mass is 16.6. The van der Waals surface area contributed by atoms with Gasteiger partial charge in [0.2, 0.25) is 0 Å². The first kappa shape index (κ1) is 17.7. The first-order valence-electron chi connectivity index (χ1n) is 9.95. The summed E-state index contributed by atoms with van der Waals surface area (Å²) in [7, 11) is 0. The molecule has 2 unspecified atom stereocenters. The van der Waals surface area contributed by atoms with Crippen molar-refractivity contribution in [2.75, 3.05) is 0 Å². The lowest BCUT2D eigenvalue weighted by atomic mass is 9.54. The van der Waals surface area contributed by atoms with Gasteiger partial charge in [-0.1, -0.05) is 12.5 Å². The number of carbonyl (C=O) groups excluding carboxylic acids is 3. The molecule has 4 atom stereocenters. The standard InChI is InChI=1S/C22H28O4/c1-13(23)22(26-14(2)24)11-9-20-19-6-4-15-12-16(25)5-7-17(15)18(19)8-10-21(20,22)3/h12,19-20H,4-11H2,1-3H3/t19?,20?,21-,22+/m0/s1. The number of esters is 1. The Morgan fingerprint density at radius 2 is 1.85 bits per heavy atom. The quantitative estimate of drug-likeness (QED) is 0.700. The Morgan fingerprint density at radius 1 is 1.08 bits per heavy atom. The number of carbonyl (C=O) groups is 3. The van der Waals surface area contributed by atoms with E-state index in [2.05, 4.69) is 6.92 Å². The van der Waals surface area contributed by atoms with Crippen molar-refractivity contribution in [1.29, 1.82) is 0 Å². The van der Waals surface area contributed by atoms with Crippen LogP contribution in [0.1, 0.15) is 72.1 Å². The van der Waals surface area contributed by atoms with Gasteiger partial charge in [0.25, 0.3) is 0 Å². The number of ether oxygens (including phenoxy) is 1. The average Bonchev–Trinajstić information content (AvgIpc) is 2.87. The second-order valence-electron chi connectivity index (χ2n) is 8.82. The smallest absolute Gasteiger partial charge is 0.303 e. The summed E-state index contributed by atoms with van der Waals surface area (Å²) < 4.78 is 5.77. The summed E-state index contributed by atoms with van der Waals surface area (Å²) in [5.74, 6) is 0.737. The minimum atomic E-state index is -0.960. The zero-order valence-electron chi connectivity index (χ0n) is 16.0. The second kappa shape index (κ2) is 5.90. The highest BCUT2D eigenvalue weighted by Crippen LogP contribution is 2.64. The van der Waals surface area contributed by atoms with Crippen LogP contribution in [-0.2, 0) is 19.1 Å². The first-order chi connectivity index (χ1) is 12.3. The van der Waals surface area contributed by atoms with Gasteiger partial charge in [0.1, 0.15) is 0 Å². The van der Waals surface area contributed by atoms with Gasteiger partial charge in [-0.2, -0.15) is 0 Å². The van der Waals surface area contributed by atoms with Gasteiger partial charge in [-0.15, -0.1) is 0 Å². The average molecular weight is 356 g/mol. The van der Waals surface area contributed by atoms with E-state index in [1.807, 2.05) is 6.08 Å². The summed E-state index contributed by atoms with van der Waals surface area (Å²) in [4.78, 5) is 36.2. The van der Waals surface area contributed by atoms with Crippen LogP contribution in [0.3, 0.4) is 0 Å². The molecule has 0 spiro atoms.